The standard InChI is InChI=1S/C28H24F2N2O4/c1-5-35-27(33)14(3)20-13-23(18-9-7-16(29)11-21(18)20)32-26-24(15(4)28(34)36-6-2)22-12-17(30)8-10-19(22)25(26)31/h7-13,31H,5-6H2,1-4H3/b20-14+,24-15+,31-25?,32-26-. The highest BCUT2D eigenvalue weighted by molar-refractivity contribution is 6.67. The minimum Gasteiger partial charge on any atom is -0.463 e. The second kappa shape index (κ2) is 9.81. The third-order valence-corrected chi connectivity index (χ3v) is 6.00. The summed E-state index contributed by atoms with van der Waals surface area (Å²) in [7, 11) is 0. The highest BCUT2D eigenvalue weighted by Gasteiger charge is 2.34. The van der Waals surface area contributed by atoms with Gasteiger partial charge in [0.15, 0.2) is 0 Å². The van der Waals surface area contributed by atoms with E-state index < -0.39 is 23.6 Å². The molecule has 0 bridgehead atoms. The van der Waals surface area contributed by atoms with Gasteiger partial charge in [-0.25, -0.2) is 23.4 Å². The summed E-state index contributed by atoms with van der Waals surface area (Å²) in [5.74, 6) is -2.15. The first kappa shape index (κ1) is 24.9. The molecule has 0 aromatic heterocycles. The molecule has 6 nitrogen and oxygen atoms in total. The Balaban J connectivity index is 1.95. The number of halogens is 2. The fourth-order valence-corrected chi connectivity index (χ4v) is 4.28. The molecule has 2 aromatic rings. The van der Waals surface area contributed by atoms with Crippen LogP contribution in [0.1, 0.15) is 49.9 Å². The molecular weight excluding hydrogens is 466 g/mol. The van der Waals surface area contributed by atoms with Crippen molar-refractivity contribution in [1.82, 2.24) is 0 Å². The molecule has 0 unspecified atom stereocenters. The van der Waals surface area contributed by atoms with Crippen molar-refractivity contribution in [3.63, 3.8) is 0 Å². The summed E-state index contributed by atoms with van der Waals surface area (Å²) in [6.07, 6.45) is 1.62. The summed E-state index contributed by atoms with van der Waals surface area (Å²) < 4.78 is 38.6. The molecule has 0 heterocycles. The number of nitrogens with one attached hydrogen (secondary N) is 1. The van der Waals surface area contributed by atoms with Crippen LogP contribution in [-0.2, 0) is 19.1 Å². The number of carbonyl (C=O) groups excluding carboxylic acids is 2. The van der Waals surface area contributed by atoms with Gasteiger partial charge in [0.25, 0.3) is 0 Å². The molecular formula is C28H24F2N2O4. The van der Waals surface area contributed by atoms with Gasteiger partial charge in [-0.3, -0.25) is 5.41 Å². The van der Waals surface area contributed by atoms with Crippen molar-refractivity contribution in [2.75, 3.05) is 13.2 Å². The van der Waals surface area contributed by atoms with Crippen LogP contribution in [-0.4, -0.2) is 36.6 Å². The molecule has 2 aliphatic carbocycles. The van der Waals surface area contributed by atoms with Gasteiger partial charge in [-0.1, -0.05) is 0 Å². The monoisotopic (exact) mass is 490 g/mol. The van der Waals surface area contributed by atoms with Gasteiger partial charge in [-0.05, 0) is 86.9 Å². The van der Waals surface area contributed by atoms with Crippen LogP contribution < -0.4 is 0 Å². The summed E-state index contributed by atoms with van der Waals surface area (Å²) in [6, 6.07) is 8.09. The van der Waals surface area contributed by atoms with Crippen molar-refractivity contribution in [1.29, 1.82) is 5.41 Å². The number of ether oxygens (including phenoxy) is 2. The first-order valence-electron chi connectivity index (χ1n) is 11.4. The Hall–Kier alpha value is -4.20. The molecule has 0 saturated carbocycles. The van der Waals surface area contributed by atoms with Gasteiger partial charge in [0.2, 0.25) is 0 Å². The number of fused-ring (bicyclic) bond motifs is 2. The summed E-state index contributed by atoms with van der Waals surface area (Å²) in [6.45, 7) is 6.83. The van der Waals surface area contributed by atoms with E-state index in [-0.39, 0.29) is 41.4 Å². The summed E-state index contributed by atoms with van der Waals surface area (Å²) >= 11 is 0. The van der Waals surface area contributed by atoms with E-state index >= 15 is 0 Å². The minimum atomic E-state index is -0.605. The fourth-order valence-electron chi connectivity index (χ4n) is 4.28. The molecule has 2 aliphatic rings. The lowest BCUT2D eigenvalue weighted by Gasteiger charge is -2.09. The van der Waals surface area contributed by atoms with Crippen LogP contribution in [0.15, 0.2) is 58.6 Å². The Kier molecular flexibility index (Phi) is 6.79. The SMILES string of the molecule is CCOC(=O)/C(C)=C1C=C(/N=C2\C(=N)c3ccc(F)cc3\C2=C(\C)C(=O)OCC)c2ccc(F)cc2\1. The Morgan fingerprint density at radius 3 is 2.00 bits per heavy atom. The summed E-state index contributed by atoms with van der Waals surface area (Å²) in [4.78, 5) is 29.7. The number of benzene rings is 2. The van der Waals surface area contributed by atoms with Crippen LogP contribution in [0.5, 0.6) is 0 Å². The average molecular weight is 491 g/mol. The smallest absolute Gasteiger partial charge is 0.334 e. The third kappa shape index (κ3) is 4.30. The molecule has 4 rings (SSSR count). The van der Waals surface area contributed by atoms with Gasteiger partial charge in [-0.15, -0.1) is 0 Å². The number of esters is 2. The normalized spacial score (nSPS) is 18.0. The molecule has 8 heteroatoms. The largest absolute Gasteiger partial charge is 0.463 e. The number of rotatable bonds is 5. The van der Waals surface area contributed by atoms with Crippen molar-refractivity contribution < 1.29 is 27.8 Å². The second-order valence-corrected chi connectivity index (χ2v) is 8.22. The minimum absolute atomic E-state index is 0.00718. The molecule has 36 heavy (non-hydrogen) atoms. The van der Waals surface area contributed by atoms with E-state index in [2.05, 4.69) is 0 Å². The predicted molar refractivity (Wildman–Crippen MR) is 133 cm³/mol. The zero-order valence-corrected chi connectivity index (χ0v) is 20.3. The Morgan fingerprint density at radius 2 is 1.39 bits per heavy atom. The van der Waals surface area contributed by atoms with Crippen molar-refractivity contribution in [2.45, 2.75) is 27.7 Å². The van der Waals surface area contributed by atoms with Crippen molar-refractivity contribution >= 4 is 40.2 Å². The Morgan fingerprint density at radius 1 is 0.833 bits per heavy atom. The van der Waals surface area contributed by atoms with Crippen LogP contribution in [0.3, 0.4) is 0 Å². The molecule has 0 spiro atoms. The zero-order valence-electron chi connectivity index (χ0n) is 20.3. The molecule has 0 saturated heterocycles. The molecule has 0 radical (unpaired) electrons. The maximum atomic E-state index is 14.2. The second-order valence-electron chi connectivity index (χ2n) is 8.22. The predicted octanol–water partition coefficient (Wildman–Crippen LogP) is 5.52. The highest BCUT2D eigenvalue weighted by atomic mass is 19.1. The topological polar surface area (TPSA) is 88.8 Å². The number of aliphatic imine (C=N–C) groups is 1. The quantitative estimate of drug-likeness (QED) is 0.442. The molecule has 1 N–H and O–H groups in total. The van der Waals surface area contributed by atoms with E-state index in [4.69, 9.17) is 19.9 Å². The van der Waals surface area contributed by atoms with Gasteiger partial charge in [0.1, 0.15) is 11.6 Å². The maximum Gasteiger partial charge on any atom is 0.334 e. The lowest BCUT2D eigenvalue weighted by atomic mass is 10.0. The van der Waals surface area contributed by atoms with E-state index in [1.165, 1.54) is 30.3 Å². The highest BCUT2D eigenvalue weighted by Crippen LogP contribution is 2.41. The van der Waals surface area contributed by atoms with Crippen molar-refractivity contribution in [3.8, 4) is 0 Å². The van der Waals surface area contributed by atoms with Crippen LogP contribution >= 0.6 is 0 Å². The third-order valence-electron chi connectivity index (χ3n) is 6.00. The van der Waals surface area contributed by atoms with E-state index in [0.29, 0.717) is 33.5 Å². The molecule has 0 fully saturated rings. The van der Waals surface area contributed by atoms with Crippen LogP contribution in [0.2, 0.25) is 0 Å². The van der Waals surface area contributed by atoms with Gasteiger partial charge < -0.3 is 9.47 Å². The number of hydrogen-bond acceptors (Lipinski definition) is 6. The first-order valence-corrected chi connectivity index (χ1v) is 11.4. The van der Waals surface area contributed by atoms with Gasteiger partial charge >= 0.3 is 11.9 Å². The van der Waals surface area contributed by atoms with E-state index in [1.54, 1.807) is 39.8 Å². The molecule has 2 aromatic carbocycles. The Bertz CT molecular complexity index is 1450. The van der Waals surface area contributed by atoms with Crippen LogP contribution in [0.4, 0.5) is 8.78 Å². The van der Waals surface area contributed by atoms with Crippen molar-refractivity contribution in [3.05, 3.63) is 87.5 Å². The number of hydrogen-bond donors (Lipinski definition) is 1. The lowest BCUT2D eigenvalue weighted by Crippen LogP contribution is -2.13. The van der Waals surface area contributed by atoms with Gasteiger partial charge in [0.05, 0.1) is 30.3 Å². The molecule has 0 aliphatic heterocycles. The number of allylic oxidation sites excluding steroid dienone is 3. The number of carbonyl (C=O) groups is 2. The van der Waals surface area contributed by atoms with Crippen LogP contribution in [0, 0.1) is 17.0 Å². The molecule has 0 atom stereocenters. The van der Waals surface area contributed by atoms with E-state index in [9.17, 15) is 18.4 Å². The maximum absolute atomic E-state index is 14.2. The summed E-state index contributed by atoms with van der Waals surface area (Å²) in [5, 5.41) is 8.75. The summed E-state index contributed by atoms with van der Waals surface area (Å²) in [5.41, 5.74) is 3.51. The fraction of sp³-hybridized carbons (Fsp3) is 0.214. The van der Waals surface area contributed by atoms with Gasteiger partial charge in [0, 0.05) is 27.8 Å². The molecule has 0 amide bonds. The lowest BCUT2D eigenvalue weighted by molar-refractivity contribution is -0.139. The Labute approximate surface area is 207 Å². The van der Waals surface area contributed by atoms with Crippen molar-refractivity contribution in [2.24, 2.45) is 4.99 Å². The average Bonchev–Trinajstić information content (AvgIpc) is 3.32. The van der Waals surface area contributed by atoms with E-state index in [0.717, 1.165) is 0 Å². The van der Waals surface area contributed by atoms with E-state index in [1.807, 2.05) is 0 Å². The van der Waals surface area contributed by atoms with Crippen LogP contribution in [0.25, 0.3) is 16.8 Å². The first-order chi connectivity index (χ1) is 17.2. The zero-order chi connectivity index (χ0) is 26.1. The van der Waals surface area contributed by atoms with Gasteiger partial charge in [-0.2, -0.15) is 0 Å². The number of nitrogens with zero attached hydrogens (tertiary/aromatic N) is 1. The molecule has 184 valence electrons.